The normalized spacial score (nSPS) is 18.9. The first kappa shape index (κ1) is 12.4. The molecule has 0 bridgehead atoms. The Bertz CT molecular complexity index is 479. The summed E-state index contributed by atoms with van der Waals surface area (Å²) in [6.07, 6.45) is 0.317. The van der Waals surface area contributed by atoms with Gasteiger partial charge in [0, 0.05) is 17.4 Å². The fraction of sp³-hybridized carbons (Fsp3) is 0.273. The van der Waals surface area contributed by atoms with Crippen LogP contribution < -0.4 is 10.6 Å². The molecule has 1 aliphatic heterocycles. The van der Waals surface area contributed by atoms with E-state index >= 15 is 0 Å². The number of carbonyl (C=O) groups excluding carboxylic acids is 2. The number of halogens is 2. The summed E-state index contributed by atoms with van der Waals surface area (Å²) < 4.78 is 0.785. The van der Waals surface area contributed by atoms with Gasteiger partial charge in [0.15, 0.2) is 0 Å². The second-order valence-electron chi connectivity index (χ2n) is 3.80. The van der Waals surface area contributed by atoms with Crippen LogP contribution in [0.15, 0.2) is 22.7 Å². The largest absolute Gasteiger partial charge is 0.354 e. The van der Waals surface area contributed by atoms with E-state index in [0.717, 1.165) is 4.47 Å². The standard InChI is InChI=1S/C11H10BrClN2O2/c12-6-1-2-9(13)8(3-6)11(17)15-7-4-10(16)14-5-7/h1-3,7H,4-5H2,(H,14,16)(H,15,17). The number of rotatable bonds is 2. The number of benzene rings is 1. The fourth-order valence-corrected chi connectivity index (χ4v) is 2.21. The Morgan fingerprint density at radius 3 is 2.94 bits per heavy atom. The minimum atomic E-state index is -0.266. The predicted octanol–water partition coefficient (Wildman–Crippen LogP) is 1.72. The molecule has 6 heteroatoms. The Labute approximate surface area is 112 Å². The van der Waals surface area contributed by atoms with Gasteiger partial charge in [-0.15, -0.1) is 0 Å². The van der Waals surface area contributed by atoms with Crippen LogP contribution in [0.3, 0.4) is 0 Å². The van der Waals surface area contributed by atoms with Crippen LogP contribution in [-0.2, 0) is 4.79 Å². The molecular weight excluding hydrogens is 307 g/mol. The van der Waals surface area contributed by atoms with E-state index in [0.29, 0.717) is 23.6 Å². The molecule has 1 atom stereocenters. The highest BCUT2D eigenvalue weighted by molar-refractivity contribution is 9.10. The molecule has 17 heavy (non-hydrogen) atoms. The lowest BCUT2D eigenvalue weighted by Crippen LogP contribution is -2.36. The van der Waals surface area contributed by atoms with Crippen molar-refractivity contribution in [2.75, 3.05) is 6.54 Å². The molecule has 1 unspecified atom stereocenters. The van der Waals surface area contributed by atoms with E-state index in [9.17, 15) is 9.59 Å². The molecule has 0 aliphatic carbocycles. The van der Waals surface area contributed by atoms with Crippen LogP contribution in [0.5, 0.6) is 0 Å². The molecule has 1 aliphatic rings. The number of carbonyl (C=O) groups is 2. The van der Waals surface area contributed by atoms with E-state index < -0.39 is 0 Å². The third-order valence-corrected chi connectivity index (χ3v) is 3.31. The van der Waals surface area contributed by atoms with E-state index in [1.54, 1.807) is 18.2 Å². The maximum absolute atomic E-state index is 11.9. The molecule has 0 spiro atoms. The first-order chi connectivity index (χ1) is 8.06. The number of hydrogen-bond acceptors (Lipinski definition) is 2. The van der Waals surface area contributed by atoms with Crippen molar-refractivity contribution in [1.82, 2.24) is 10.6 Å². The van der Waals surface area contributed by atoms with Crippen LogP contribution in [-0.4, -0.2) is 24.4 Å². The first-order valence-corrected chi connectivity index (χ1v) is 6.26. The lowest BCUT2D eigenvalue weighted by molar-refractivity contribution is -0.119. The molecule has 90 valence electrons. The van der Waals surface area contributed by atoms with Crippen molar-refractivity contribution in [2.24, 2.45) is 0 Å². The molecule has 1 fully saturated rings. The topological polar surface area (TPSA) is 58.2 Å². The molecule has 0 saturated carbocycles. The van der Waals surface area contributed by atoms with E-state index in [1.807, 2.05) is 0 Å². The van der Waals surface area contributed by atoms with Gasteiger partial charge in [-0.3, -0.25) is 9.59 Å². The highest BCUT2D eigenvalue weighted by atomic mass is 79.9. The monoisotopic (exact) mass is 316 g/mol. The maximum Gasteiger partial charge on any atom is 0.253 e. The van der Waals surface area contributed by atoms with Crippen molar-refractivity contribution in [3.63, 3.8) is 0 Å². The minimum absolute atomic E-state index is 0.0457. The summed E-state index contributed by atoms with van der Waals surface area (Å²) in [5.74, 6) is -0.312. The number of nitrogens with one attached hydrogen (secondary N) is 2. The van der Waals surface area contributed by atoms with Crippen LogP contribution in [0.2, 0.25) is 5.02 Å². The van der Waals surface area contributed by atoms with Gasteiger partial charge in [0.05, 0.1) is 16.6 Å². The van der Waals surface area contributed by atoms with Gasteiger partial charge in [0.2, 0.25) is 5.91 Å². The molecule has 1 saturated heterocycles. The molecule has 2 N–H and O–H groups in total. The zero-order valence-corrected chi connectivity index (χ0v) is 11.1. The second-order valence-corrected chi connectivity index (χ2v) is 5.13. The first-order valence-electron chi connectivity index (χ1n) is 5.09. The van der Waals surface area contributed by atoms with Crippen molar-refractivity contribution < 1.29 is 9.59 Å². The van der Waals surface area contributed by atoms with Gasteiger partial charge in [-0.25, -0.2) is 0 Å². The Morgan fingerprint density at radius 2 is 2.29 bits per heavy atom. The van der Waals surface area contributed by atoms with Gasteiger partial charge < -0.3 is 10.6 Å². The van der Waals surface area contributed by atoms with E-state index in [-0.39, 0.29) is 17.9 Å². The van der Waals surface area contributed by atoms with E-state index in [2.05, 4.69) is 26.6 Å². The van der Waals surface area contributed by atoms with Crippen LogP contribution in [0.1, 0.15) is 16.8 Å². The Kier molecular flexibility index (Phi) is 3.69. The Morgan fingerprint density at radius 1 is 1.53 bits per heavy atom. The van der Waals surface area contributed by atoms with Gasteiger partial charge >= 0.3 is 0 Å². The third-order valence-electron chi connectivity index (χ3n) is 2.49. The summed E-state index contributed by atoms with van der Waals surface area (Å²) in [4.78, 5) is 22.9. The minimum Gasteiger partial charge on any atom is -0.354 e. The summed E-state index contributed by atoms with van der Waals surface area (Å²) in [7, 11) is 0. The van der Waals surface area contributed by atoms with Crippen LogP contribution >= 0.6 is 27.5 Å². The summed E-state index contributed by atoms with van der Waals surface area (Å²) >= 11 is 9.22. The summed E-state index contributed by atoms with van der Waals surface area (Å²) in [6.45, 7) is 0.468. The van der Waals surface area contributed by atoms with Crippen LogP contribution in [0.4, 0.5) is 0 Å². The van der Waals surface area contributed by atoms with Crippen molar-refractivity contribution in [2.45, 2.75) is 12.5 Å². The predicted molar refractivity (Wildman–Crippen MR) is 68.0 cm³/mol. The maximum atomic E-state index is 11.9. The highest BCUT2D eigenvalue weighted by Crippen LogP contribution is 2.21. The van der Waals surface area contributed by atoms with Crippen LogP contribution in [0, 0.1) is 0 Å². The van der Waals surface area contributed by atoms with Crippen molar-refractivity contribution in [3.8, 4) is 0 Å². The van der Waals surface area contributed by atoms with E-state index in [1.165, 1.54) is 0 Å². The number of hydrogen-bond donors (Lipinski definition) is 2. The molecule has 1 heterocycles. The lowest BCUT2D eigenvalue weighted by Gasteiger charge is -2.11. The Balaban J connectivity index is 2.09. The molecule has 1 aromatic carbocycles. The smallest absolute Gasteiger partial charge is 0.253 e. The average molecular weight is 318 g/mol. The van der Waals surface area contributed by atoms with Gasteiger partial charge in [-0.1, -0.05) is 27.5 Å². The molecule has 0 aromatic heterocycles. The zero-order valence-electron chi connectivity index (χ0n) is 8.80. The van der Waals surface area contributed by atoms with Crippen LogP contribution in [0.25, 0.3) is 0 Å². The summed E-state index contributed by atoms with van der Waals surface area (Å²) in [6, 6.07) is 4.91. The van der Waals surface area contributed by atoms with Gasteiger partial charge in [-0.05, 0) is 18.2 Å². The quantitative estimate of drug-likeness (QED) is 0.872. The fourth-order valence-electron chi connectivity index (χ4n) is 1.64. The van der Waals surface area contributed by atoms with Crippen molar-refractivity contribution >= 4 is 39.3 Å². The Hall–Kier alpha value is -1.07. The van der Waals surface area contributed by atoms with E-state index in [4.69, 9.17) is 11.6 Å². The molecule has 0 radical (unpaired) electrons. The van der Waals surface area contributed by atoms with Crippen molar-refractivity contribution in [1.29, 1.82) is 0 Å². The molecule has 4 nitrogen and oxygen atoms in total. The second kappa shape index (κ2) is 5.06. The highest BCUT2D eigenvalue weighted by Gasteiger charge is 2.24. The number of amides is 2. The van der Waals surface area contributed by atoms with Gasteiger partial charge in [0.25, 0.3) is 5.91 Å². The van der Waals surface area contributed by atoms with Crippen molar-refractivity contribution in [3.05, 3.63) is 33.3 Å². The zero-order chi connectivity index (χ0) is 12.4. The average Bonchev–Trinajstić information content (AvgIpc) is 2.67. The third kappa shape index (κ3) is 2.98. The SMILES string of the molecule is O=C1CC(NC(=O)c2cc(Br)ccc2Cl)CN1. The van der Waals surface area contributed by atoms with Gasteiger partial charge in [-0.2, -0.15) is 0 Å². The summed E-state index contributed by atoms with van der Waals surface area (Å²) in [5.41, 5.74) is 0.403. The molecular formula is C11H10BrClN2O2. The molecule has 2 amide bonds. The summed E-state index contributed by atoms with van der Waals surface area (Å²) in [5, 5.41) is 5.81. The molecule has 1 aromatic rings. The van der Waals surface area contributed by atoms with Gasteiger partial charge in [0.1, 0.15) is 0 Å². The molecule has 2 rings (SSSR count). The lowest BCUT2D eigenvalue weighted by atomic mass is 10.2.